The summed E-state index contributed by atoms with van der Waals surface area (Å²) in [7, 11) is 0. The molecule has 0 nitrogen and oxygen atoms in total. The fourth-order valence-electron chi connectivity index (χ4n) is 3.34. The molecule has 2 heteroatoms. The van der Waals surface area contributed by atoms with Gasteiger partial charge in [-0.1, -0.05) is 79.4 Å². The molecule has 0 amide bonds. The summed E-state index contributed by atoms with van der Waals surface area (Å²) < 4.78 is 0. The predicted octanol–water partition coefficient (Wildman–Crippen LogP) is 7.91. The first-order valence-electron chi connectivity index (χ1n) is 9.24. The third kappa shape index (κ3) is 4.07. The van der Waals surface area contributed by atoms with Gasteiger partial charge in [-0.3, -0.25) is 0 Å². The van der Waals surface area contributed by atoms with E-state index in [0.29, 0.717) is 0 Å². The van der Waals surface area contributed by atoms with Crippen molar-refractivity contribution in [3.05, 3.63) is 91.0 Å². The van der Waals surface area contributed by atoms with Gasteiger partial charge in [0, 0.05) is 9.79 Å². The standard InChI is InChI=1S/C25H22S2/c1-2-19-15-16-25(23-13-6-5-11-21(19)23)27-18-8-17-26-24-14-7-10-20-9-3-4-12-22(20)24/h2-7,9-16H,1,8,17-18H2. The molecule has 0 atom stereocenters. The molecule has 4 aromatic carbocycles. The van der Waals surface area contributed by atoms with E-state index in [1.165, 1.54) is 43.3 Å². The highest BCUT2D eigenvalue weighted by molar-refractivity contribution is 8.00. The van der Waals surface area contributed by atoms with E-state index < -0.39 is 0 Å². The maximum absolute atomic E-state index is 3.94. The van der Waals surface area contributed by atoms with Crippen LogP contribution in [-0.2, 0) is 0 Å². The lowest BCUT2D eigenvalue weighted by atomic mass is 10.0. The molecule has 0 saturated heterocycles. The zero-order valence-corrected chi connectivity index (χ0v) is 16.9. The number of fused-ring (bicyclic) bond motifs is 2. The van der Waals surface area contributed by atoms with Crippen LogP contribution in [0.2, 0.25) is 0 Å². The second-order valence-electron chi connectivity index (χ2n) is 6.43. The molecule has 0 fully saturated rings. The fraction of sp³-hybridized carbons (Fsp3) is 0.120. The van der Waals surface area contributed by atoms with E-state index in [1.54, 1.807) is 0 Å². The summed E-state index contributed by atoms with van der Waals surface area (Å²) in [5.41, 5.74) is 1.21. The maximum atomic E-state index is 3.94. The maximum Gasteiger partial charge on any atom is 0.0151 e. The van der Waals surface area contributed by atoms with Crippen molar-refractivity contribution in [1.29, 1.82) is 0 Å². The highest BCUT2D eigenvalue weighted by atomic mass is 32.2. The molecule has 0 spiro atoms. The van der Waals surface area contributed by atoms with Crippen molar-refractivity contribution in [2.24, 2.45) is 0 Å². The Labute approximate surface area is 169 Å². The molecule has 0 aliphatic heterocycles. The van der Waals surface area contributed by atoms with E-state index in [1.807, 2.05) is 29.6 Å². The second kappa shape index (κ2) is 8.69. The van der Waals surface area contributed by atoms with Crippen molar-refractivity contribution in [3.8, 4) is 0 Å². The number of rotatable bonds is 7. The summed E-state index contributed by atoms with van der Waals surface area (Å²) in [4.78, 5) is 2.75. The number of hydrogen-bond acceptors (Lipinski definition) is 2. The van der Waals surface area contributed by atoms with Crippen molar-refractivity contribution in [3.63, 3.8) is 0 Å². The van der Waals surface area contributed by atoms with Crippen molar-refractivity contribution in [1.82, 2.24) is 0 Å². The van der Waals surface area contributed by atoms with Gasteiger partial charge in [0.15, 0.2) is 0 Å². The minimum Gasteiger partial charge on any atom is -0.125 e. The van der Waals surface area contributed by atoms with Gasteiger partial charge >= 0.3 is 0 Å². The fourth-order valence-corrected chi connectivity index (χ4v) is 5.56. The third-order valence-corrected chi connectivity index (χ3v) is 7.01. The minimum absolute atomic E-state index is 1.13. The summed E-state index contributed by atoms with van der Waals surface area (Å²) in [5, 5.41) is 5.32. The highest BCUT2D eigenvalue weighted by Gasteiger charge is 2.05. The average Bonchev–Trinajstić information content (AvgIpc) is 2.73. The Morgan fingerprint density at radius 3 is 2.04 bits per heavy atom. The van der Waals surface area contributed by atoms with Crippen LogP contribution in [0.4, 0.5) is 0 Å². The van der Waals surface area contributed by atoms with Crippen LogP contribution in [0.15, 0.2) is 95.2 Å². The molecule has 0 N–H and O–H groups in total. The predicted molar refractivity (Wildman–Crippen MR) is 124 cm³/mol. The summed E-state index contributed by atoms with van der Waals surface area (Å²) in [6, 6.07) is 28.3. The molecule has 0 bridgehead atoms. The van der Waals surface area contributed by atoms with Crippen molar-refractivity contribution in [2.75, 3.05) is 11.5 Å². The van der Waals surface area contributed by atoms with Crippen molar-refractivity contribution >= 4 is 51.1 Å². The SMILES string of the molecule is C=Cc1ccc(SCCCSc2cccc3ccccc23)c2ccccc12. The van der Waals surface area contributed by atoms with Crippen LogP contribution in [0.5, 0.6) is 0 Å². The van der Waals surface area contributed by atoms with Crippen LogP contribution in [0, 0.1) is 0 Å². The van der Waals surface area contributed by atoms with Crippen LogP contribution in [0.25, 0.3) is 27.6 Å². The number of hydrogen-bond donors (Lipinski definition) is 0. The van der Waals surface area contributed by atoms with Gasteiger partial charge in [0.05, 0.1) is 0 Å². The molecule has 0 aliphatic rings. The van der Waals surface area contributed by atoms with Crippen LogP contribution >= 0.6 is 23.5 Å². The van der Waals surface area contributed by atoms with Gasteiger partial charge in [-0.2, -0.15) is 0 Å². The number of benzene rings is 4. The van der Waals surface area contributed by atoms with Crippen LogP contribution < -0.4 is 0 Å². The summed E-state index contributed by atoms with van der Waals surface area (Å²) in [6.07, 6.45) is 3.13. The molecule has 0 saturated carbocycles. The molecule has 0 unspecified atom stereocenters. The average molecular weight is 387 g/mol. The van der Waals surface area contributed by atoms with Crippen molar-refractivity contribution in [2.45, 2.75) is 16.2 Å². The lowest BCUT2D eigenvalue weighted by Crippen LogP contribution is -1.87. The molecule has 27 heavy (non-hydrogen) atoms. The summed E-state index contributed by atoms with van der Waals surface area (Å²) >= 11 is 3.93. The van der Waals surface area contributed by atoms with Gasteiger partial charge in [0.2, 0.25) is 0 Å². The van der Waals surface area contributed by atoms with E-state index in [0.717, 1.165) is 11.5 Å². The first-order valence-corrected chi connectivity index (χ1v) is 11.2. The molecule has 0 radical (unpaired) electrons. The molecule has 4 rings (SSSR count). The van der Waals surface area contributed by atoms with Gasteiger partial charge < -0.3 is 0 Å². The molecular weight excluding hydrogens is 364 g/mol. The Balaban J connectivity index is 1.38. The molecular formula is C25H22S2. The Bertz CT molecular complexity index is 1080. The minimum atomic E-state index is 1.13. The lowest BCUT2D eigenvalue weighted by Gasteiger charge is -2.09. The molecule has 0 heterocycles. The summed E-state index contributed by atoms with van der Waals surface area (Å²) in [6.45, 7) is 3.94. The largest absolute Gasteiger partial charge is 0.125 e. The van der Waals surface area contributed by atoms with Crippen molar-refractivity contribution < 1.29 is 0 Å². The van der Waals surface area contributed by atoms with E-state index in [4.69, 9.17) is 0 Å². The van der Waals surface area contributed by atoms with E-state index in [2.05, 4.69) is 85.4 Å². The highest BCUT2D eigenvalue weighted by Crippen LogP contribution is 2.32. The quantitative estimate of drug-likeness (QED) is 0.234. The van der Waals surface area contributed by atoms with E-state index in [9.17, 15) is 0 Å². The first kappa shape index (κ1) is 18.2. The lowest BCUT2D eigenvalue weighted by molar-refractivity contribution is 1.12. The molecule has 0 aromatic heterocycles. The van der Waals surface area contributed by atoms with Gasteiger partial charge in [-0.05, 0) is 57.2 Å². The van der Waals surface area contributed by atoms with Crippen LogP contribution in [-0.4, -0.2) is 11.5 Å². The van der Waals surface area contributed by atoms with Crippen LogP contribution in [0.1, 0.15) is 12.0 Å². The third-order valence-electron chi connectivity index (χ3n) is 4.69. The number of thioether (sulfide) groups is 2. The summed E-state index contributed by atoms with van der Waals surface area (Å²) in [5.74, 6) is 2.28. The normalized spacial score (nSPS) is 11.1. The zero-order valence-electron chi connectivity index (χ0n) is 15.2. The molecule has 134 valence electrons. The molecule has 4 aromatic rings. The first-order chi connectivity index (χ1) is 13.4. The van der Waals surface area contributed by atoms with Gasteiger partial charge in [0.25, 0.3) is 0 Å². The van der Waals surface area contributed by atoms with Gasteiger partial charge in [-0.15, -0.1) is 23.5 Å². The Hall–Kier alpha value is -2.16. The molecule has 0 aliphatic carbocycles. The Morgan fingerprint density at radius 2 is 1.26 bits per heavy atom. The second-order valence-corrected chi connectivity index (χ2v) is 8.70. The monoisotopic (exact) mass is 386 g/mol. The van der Waals surface area contributed by atoms with Gasteiger partial charge in [-0.25, -0.2) is 0 Å². The Morgan fingerprint density at radius 1 is 0.630 bits per heavy atom. The van der Waals surface area contributed by atoms with Gasteiger partial charge in [0.1, 0.15) is 0 Å². The van der Waals surface area contributed by atoms with Crippen LogP contribution in [0.3, 0.4) is 0 Å². The van der Waals surface area contributed by atoms with E-state index in [-0.39, 0.29) is 0 Å². The topological polar surface area (TPSA) is 0 Å². The zero-order chi connectivity index (χ0) is 18.5. The smallest absolute Gasteiger partial charge is 0.0151 e. The Kier molecular flexibility index (Phi) is 5.86. The van der Waals surface area contributed by atoms with E-state index >= 15 is 0 Å².